The van der Waals surface area contributed by atoms with E-state index < -0.39 is 23.8 Å². The lowest BCUT2D eigenvalue weighted by Crippen LogP contribution is -2.21. The fourth-order valence-corrected chi connectivity index (χ4v) is 3.70. The smallest absolute Gasteiger partial charge is 0.311 e. The molecule has 5 heteroatoms. The quantitative estimate of drug-likeness (QED) is 0.318. The Morgan fingerprint density at radius 1 is 0.867 bits per heavy atom. The van der Waals surface area contributed by atoms with Gasteiger partial charge in [-0.3, -0.25) is 9.59 Å². The maximum absolute atomic E-state index is 12.2. The average Bonchev–Trinajstić information content (AvgIpc) is 2.65. The molecular formula is C25H40O5. The predicted molar refractivity (Wildman–Crippen MR) is 120 cm³/mol. The topological polar surface area (TPSA) is 83.8 Å². The molecule has 2 atom stereocenters. The largest absolute Gasteiger partial charge is 0.493 e. The molecule has 0 saturated heterocycles. The van der Waals surface area contributed by atoms with Gasteiger partial charge in [-0.25, -0.2) is 0 Å². The Kier molecular flexibility index (Phi) is 11.5. The highest BCUT2D eigenvalue weighted by atomic mass is 16.5. The third-order valence-corrected chi connectivity index (χ3v) is 5.49. The number of ether oxygens (including phenoxy) is 1. The summed E-state index contributed by atoms with van der Waals surface area (Å²) < 4.78 is 6.02. The summed E-state index contributed by atoms with van der Waals surface area (Å²) in [7, 11) is 0. The van der Waals surface area contributed by atoms with Crippen LogP contribution in [-0.4, -0.2) is 28.8 Å². The van der Waals surface area contributed by atoms with E-state index in [0.29, 0.717) is 48.2 Å². The Morgan fingerprint density at radius 3 is 1.93 bits per heavy atom. The van der Waals surface area contributed by atoms with E-state index >= 15 is 0 Å². The molecule has 0 aliphatic heterocycles. The van der Waals surface area contributed by atoms with E-state index in [1.807, 2.05) is 0 Å². The first-order valence-corrected chi connectivity index (χ1v) is 11.4. The number of carbonyl (C=O) groups is 2. The number of carboxylic acids is 2. The van der Waals surface area contributed by atoms with Crippen molar-refractivity contribution < 1.29 is 24.5 Å². The fraction of sp³-hybridized carbons (Fsp3) is 0.680. The third-order valence-electron chi connectivity index (χ3n) is 5.49. The molecule has 2 unspecified atom stereocenters. The highest BCUT2D eigenvalue weighted by molar-refractivity contribution is 5.82. The van der Waals surface area contributed by atoms with Gasteiger partial charge in [0.05, 0.1) is 18.4 Å². The maximum Gasteiger partial charge on any atom is 0.311 e. The van der Waals surface area contributed by atoms with Gasteiger partial charge >= 0.3 is 11.9 Å². The van der Waals surface area contributed by atoms with Crippen molar-refractivity contribution in [1.82, 2.24) is 0 Å². The van der Waals surface area contributed by atoms with Gasteiger partial charge in [0.1, 0.15) is 5.75 Å². The van der Waals surface area contributed by atoms with Crippen LogP contribution in [0.25, 0.3) is 0 Å². The van der Waals surface area contributed by atoms with Crippen LogP contribution in [0.15, 0.2) is 18.2 Å². The van der Waals surface area contributed by atoms with E-state index in [-0.39, 0.29) is 0 Å². The van der Waals surface area contributed by atoms with E-state index in [9.17, 15) is 19.8 Å². The van der Waals surface area contributed by atoms with Gasteiger partial charge in [-0.2, -0.15) is 0 Å². The molecule has 1 aromatic carbocycles. The van der Waals surface area contributed by atoms with Crippen LogP contribution in [0.5, 0.6) is 5.75 Å². The first-order valence-electron chi connectivity index (χ1n) is 11.4. The summed E-state index contributed by atoms with van der Waals surface area (Å²) in [5.41, 5.74) is 1.14. The van der Waals surface area contributed by atoms with Crippen LogP contribution in [0.1, 0.15) is 103 Å². The zero-order chi connectivity index (χ0) is 22.7. The summed E-state index contributed by atoms with van der Waals surface area (Å²) in [4.78, 5) is 24.4. The molecule has 0 amide bonds. The van der Waals surface area contributed by atoms with Crippen molar-refractivity contribution in [2.45, 2.75) is 91.4 Å². The molecule has 0 bridgehead atoms. The molecule has 170 valence electrons. The minimum atomic E-state index is -0.922. The zero-order valence-corrected chi connectivity index (χ0v) is 19.3. The highest BCUT2D eigenvalue weighted by Crippen LogP contribution is 2.39. The van der Waals surface area contributed by atoms with Gasteiger partial charge < -0.3 is 14.9 Å². The maximum atomic E-state index is 12.2. The second kappa shape index (κ2) is 13.3. The van der Waals surface area contributed by atoms with E-state index in [1.54, 1.807) is 18.2 Å². The van der Waals surface area contributed by atoms with Crippen molar-refractivity contribution in [2.24, 2.45) is 11.8 Å². The van der Waals surface area contributed by atoms with Gasteiger partial charge in [-0.05, 0) is 55.6 Å². The average molecular weight is 421 g/mol. The van der Waals surface area contributed by atoms with Crippen molar-refractivity contribution in [3.05, 3.63) is 29.3 Å². The number of carboxylic acid groups (broad SMARTS) is 2. The van der Waals surface area contributed by atoms with Crippen molar-refractivity contribution >= 4 is 11.9 Å². The summed E-state index contributed by atoms with van der Waals surface area (Å²) in [5, 5.41) is 20.0. The summed E-state index contributed by atoms with van der Waals surface area (Å²) in [6, 6.07) is 5.36. The lowest BCUT2D eigenvalue weighted by atomic mass is 9.81. The second-order valence-corrected chi connectivity index (χ2v) is 9.04. The first-order chi connectivity index (χ1) is 14.2. The zero-order valence-electron chi connectivity index (χ0n) is 19.3. The summed E-state index contributed by atoms with van der Waals surface area (Å²) in [6.45, 7) is 10.9. The number of hydrogen-bond acceptors (Lipinski definition) is 3. The molecule has 0 heterocycles. The molecule has 0 aliphatic rings. The normalized spacial score (nSPS) is 13.4. The van der Waals surface area contributed by atoms with E-state index in [4.69, 9.17) is 4.74 Å². The van der Waals surface area contributed by atoms with E-state index in [1.165, 1.54) is 0 Å². The Morgan fingerprint density at radius 2 is 1.43 bits per heavy atom. The summed E-state index contributed by atoms with van der Waals surface area (Å²) in [6.07, 6.45) is 5.46. The summed E-state index contributed by atoms with van der Waals surface area (Å²) >= 11 is 0. The Bertz CT molecular complexity index is 666. The first kappa shape index (κ1) is 26.0. The SMILES string of the molecule is CCCCCOc1cccc(C(CCC(C)C)C(=O)O)c1C(CCC(C)C)C(=O)O. The summed E-state index contributed by atoms with van der Waals surface area (Å²) in [5.74, 6) is -2.07. The molecule has 0 radical (unpaired) electrons. The molecule has 0 aromatic heterocycles. The van der Waals surface area contributed by atoms with Gasteiger partial charge in [0.15, 0.2) is 0 Å². The molecule has 5 nitrogen and oxygen atoms in total. The van der Waals surface area contributed by atoms with Crippen molar-refractivity contribution in [3.63, 3.8) is 0 Å². The van der Waals surface area contributed by atoms with Crippen molar-refractivity contribution in [3.8, 4) is 5.75 Å². The molecule has 1 aromatic rings. The molecule has 1 rings (SSSR count). The van der Waals surface area contributed by atoms with Crippen LogP contribution in [0, 0.1) is 11.8 Å². The van der Waals surface area contributed by atoms with E-state index in [0.717, 1.165) is 32.1 Å². The molecule has 0 fully saturated rings. The molecule has 0 saturated carbocycles. The van der Waals surface area contributed by atoms with Crippen LogP contribution in [0.4, 0.5) is 0 Å². The van der Waals surface area contributed by atoms with Crippen LogP contribution in [0.2, 0.25) is 0 Å². The molecule has 0 spiro atoms. The van der Waals surface area contributed by atoms with Crippen LogP contribution in [-0.2, 0) is 9.59 Å². The fourth-order valence-electron chi connectivity index (χ4n) is 3.70. The Balaban J connectivity index is 3.42. The molecular weight excluding hydrogens is 380 g/mol. The number of aliphatic carboxylic acids is 2. The predicted octanol–water partition coefficient (Wildman–Crippen LogP) is 6.46. The second-order valence-electron chi connectivity index (χ2n) is 9.04. The van der Waals surface area contributed by atoms with Gasteiger partial charge in [-0.15, -0.1) is 0 Å². The number of hydrogen-bond donors (Lipinski definition) is 2. The number of unbranched alkanes of at least 4 members (excludes halogenated alkanes) is 2. The van der Waals surface area contributed by atoms with Gasteiger partial charge in [0.2, 0.25) is 0 Å². The van der Waals surface area contributed by atoms with Gasteiger partial charge in [0, 0.05) is 5.56 Å². The third kappa shape index (κ3) is 8.37. The molecule has 30 heavy (non-hydrogen) atoms. The highest BCUT2D eigenvalue weighted by Gasteiger charge is 2.32. The van der Waals surface area contributed by atoms with Gasteiger partial charge in [-0.1, -0.05) is 59.6 Å². The Labute approximate surface area is 181 Å². The standard InChI is InChI=1S/C25H40O5/c1-6-7-8-16-30-22-11-9-10-19(20(24(26)27)14-12-17(2)3)23(22)21(25(28)29)15-13-18(4)5/h9-11,17-18,20-21H,6-8,12-16H2,1-5H3,(H,26,27)(H,28,29). The van der Waals surface area contributed by atoms with Gasteiger partial charge in [0.25, 0.3) is 0 Å². The van der Waals surface area contributed by atoms with Crippen LogP contribution >= 0.6 is 0 Å². The van der Waals surface area contributed by atoms with Crippen LogP contribution in [0.3, 0.4) is 0 Å². The van der Waals surface area contributed by atoms with Crippen molar-refractivity contribution in [1.29, 1.82) is 0 Å². The molecule has 0 aliphatic carbocycles. The lowest BCUT2D eigenvalue weighted by molar-refractivity contribution is -0.140. The minimum Gasteiger partial charge on any atom is -0.493 e. The van der Waals surface area contributed by atoms with Crippen LogP contribution < -0.4 is 4.74 Å². The monoisotopic (exact) mass is 420 g/mol. The number of benzene rings is 1. The number of rotatable bonds is 15. The van der Waals surface area contributed by atoms with E-state index in [2.05, 4.69) is 34.6 Å². The Hall–Kier alpha value is -2.04. The lowest BCUT2D eigenvalue weighted by Gasteiger charge is -2.25. The minimum absolute atomic E-state index is 0.365. The molecule has 2 N–H and O–H groups in total. The van der Waals surface area contributed by atoms with Crippen molar-refractivity contribution in [2.75, 3.05) is 6.61 Å².